The monoisotopic (exact) mass is 287 g/mol. The summed E-state index contributed by atoms with van der Waals surface area (Å²) in [6.07, 6.45) is 1.46. The topological polar surface area (TPSA) is 58.5 Å². The molecule has 0 aliphatic heterocycles. The number of hydrogen-bond donors (Lipinski definition) is 1. The fraction of sp³-hybridized carbons (Fsp3) is 0.375. The summed E-state index contributed by atoms with van der Waals surface area (Å²) in [5.74, 6) is 2.45. The second-order valence-corrected chi connectivity index (χ2v) is 5.19. The lowest BCUT2D eigenvalue weighted by atomic mass is 10.0. The number of aliphatic hydroxyl groups excluding tert-OH is 1. The van der Waals surface area contributed by atoms with Gasteiger partial charge in [0.2, 0.25) is 5.88 Å². The number of hydrogen-bond acceptors (Lipinski definition) is 5. The molecular formula is C16H21N3O2. The SMILES string of the molecule is CC(C)c1ccc(Oc2cc(N(C)CCO)ncn2)cc1. The van der Waals surface area contributed by atoms with Crippen LogP contribution in [0.2, 0.25) is 0 Å². The van der Waals surface area contributed by atoms with Crippen LogP contribution in [0.5, 0.6) is 11.6 Å². The second kappa shape index (κ2) is 7.04. The molecule has 0 aliphatic rings. The van der Waals surface area contributed by atoms with Gasteiger partial charge in [0.15, 0.2) is 0 Å². The zero-order valence-corrected chi connectivity index (χ0v) is 12.7. The molecule has 5 nitrogen and oxygen atoms in total. The van der Waals surface area contributed by atoms with Crippen LogP contribution in [0.25, 0.3) is 0 Å². The van der Waals surface area contributed by atoms with Crippen molar-refractivity contribution >= 4 is 5.82 Å². The van der Waals surface area contributed by atoms with Crippen LogP contribution in [-0.4, -0.2) is 35.3 Å². The first-order chi connectivity index (χ1) is 10.1. The van der Waals surface area contributed by atoms with Crippen LogP contribution in [-0.2, 0) is 0 Å². The number of ether oxygens (including phenoxy) is 1. The molecule has 0 aliphatic carbocycles. The molecule has 2 rings (SSSR count). The number of likely N-dealkylation sites (N-methyl/N-ethyl adjacent to an activating group) is 1. The van der Waals surface area contributed by atoms with Crippen molar-refractivity contribution in [3.05, 3.63) is 42.2 Å². The van der Waals surface area contributed by atoms with Gasteiger partial charge in [0.25, 0.3) is 0 Å². The molecule has 1 heterocycles. The minimum absolute atomic E-state index is 0.0767. The Morgan fingerprint density at radius 1 is 1.19 bits per heavy atom. The molecule has 1 N–H and O–H groups in total. The first kappa shape index (κ1) is 15.3. The van der Waals surface area contributed by atoms with Crippen molar-refractivity contribution in [2.45, 2.75) is 19.8 Å². The predicted octanol–water partition coefficient (Wildman–Crippen LogP) is 2.82. The Labute approximate surface area is 125 Å². The van der Waals surface area contributed by atoms with Gasteiger partial charge in [-0.15, -0.1) is 0 Å². The molecule has 0 atom stereocenters. The molecule has 0 spiro atoms. The summed E-state index contributed by atoms with van der Waals surface area (Å²) in [6, 6.07) is 9.75. The van der Waals surface area contributed by atoms with E-state index in [9.17, 15) is 0 Å². The zero-order chi connectivity index (χ0) is 15.2. The van der Waals surface area contributed by atoms with Gasteiger partial charge in [-0.3, -0.25) is 0 Å². The molecule has 0 fully saturated rings. The van der Waals surface area contributed by atoms with Gasteiger partial charge in [-0.05, 0) is 23.6 Å². The van der Waals surface area contributed by atoms with Gasteiger partial charge in [-0.1, -0.05) is 26.0 Å². The van der Waals surface area contributed by atoms with E-state index < -0.39 is 0 Å². The molecular weight excluding hydrogens is 266 g/mol. The van der Waals surface area contributed by atoms with Crippen LogP contribution in [0, 0.1) is 0 Å². The zero-order valence-electron chi connectivity index (χ0n) is 12.7. The van der Waals surface area contributed by atoms with E-state index in [2.05, 4.69) is 35.9 Å². The Bertz CT molecular complexity index is 570. The van der Waals surface area contributed by atoms with E-state index in [1.54, 1.807) is 6.07 Å². The van der Waals surface area contributed by atoms with Crippen molar-refractivity contribution < 1.29 is 9.84 Å². The van der Waals surface area contributed by atoms with E-state index in [1.807, 2.05) is 24.1 Å². The maximum atomic E-state index is 8.96. The van der Waals surface area contributed by atoms with Gasteiger partial charge in [0.1, 0.15) is 17.9 Å². The summed E-state index contributed by atoms with van der Waals surface area (Å²) in [5.41, 5.74) is 1.27. The molecule has 0 amide bonds. The van der Waals surface area contributed by atoms with Crippen LogP contribution < -0.4 is 9.64 Å². The van der Waals surface area contributed by atoms with E-state index >= 15 is 0 Å². The van der Waals surface area contributed by atoms with E-state index in [0.29, 0.717) is 24.2 Å². The molecule has 1 aromatic heterocycles. The van der Waals surface area contributed by atoms with Crippen molar-refractivity contribution in [2.75, 3.05) is 25.1 Å². The van der Waals surface area contributed by atoms with Crippen LogP contribution in [0.15, 0.2) is 36.7 Å². The lowest BCUT2D eigenvalue weighted by molar-refractivity contribution is 0.303. The first-order valence-electron chi connectivity index (χ1n) is 7.02. The van der Waals surface area contributed by atoms with Crippen molar-refractivity contribution in [3.8, 4) is 11.6 Å². The molecule has 5 heteroatoms. The standard InChI is InChI=1S/C16H21N3O2/c1-12(2)13-4-6-14(7-5-13)21-16-10-15(17-11-18-16)19(3)8-9-20/h4-7,10-12,20H,8-9H2,1-3H3. The lowest BCUT2D eigenvalue weighted by Crippen LogP contribution is -2.22. The minimum atomic E-state index is 0.0767. The van der Waals surface area contributed by atoms with Crippen LogP contribution >= 0.6 is 0 Å². The molecule has 0 bridgehead atoms. The number of rotatable bonds is 6. The number of aromatic nitrogens is 2. The summed E-state index contributed by atoms with van der Waals surface area (Å²) in [5, 5.41) is 8.96. The Kier molecular flexibility index (Phi) is 5.11. The lowest BCUT2D eigenvalue weighted by Gasteiger charge is -2.16. The minimum Gasteiger partial charge on any atom is -0.439 e. The van der Waals surface area contributed by atoms with Crippen molar-refractivity contribution in [1.29, 1.82) is 0 Å². The third-order valence-corrected chi connectivity index (χ3v) is 3.22. The van der Waals surface area contributed by atoms with Gasteiger partial charge < -0.3 is 14.7 Å². The molecule has 0 saturated carbocycles. The molecule has 21 heavy (non-hydrogen) atoms. The summed E-state index contributed by atoms with van der Waals surface area (Å²) in [6.45, 7) is 4.90. The number of anilines is 1. The Hall–Kier alpha value is -2.14. The van der Waals surface area contributed by atoms with Gasteiger partial charge in [0.05, 0.1) is 6.61 Å². The fourth-order valence-electron chi connectivity index (χ4n) is 1.90. The molecule has 0 unspecified atom stereocenters. The van der Waals surface area contributed by atoms with Gasteiger partial charge in [0, 0.05) is 19.7 Å². The maximum Gasteiger partial charge on any atom is 0.224 e. The smallest absolute Gasteiger partial charge is 0.224 e. The van der Waals surface area contributed by atoms with E-state index in [1.165, 1.54) is 11.9 Å². The Balaban J connectivity index is 2.10. The summed E-state index contributed by atoms with van der Waals surface area (Å²) < 4.78 is 5.74. The Morgan fingerprint density at radius 3 is 2.52 bits per heavy atom. The largest absolute Gasteiger partial charge is 0.439 e. The van der Waals surface area contributed by atoms with Crippen LogP contribution in [0.4, 0.5) is 5.82 Å². The second-order valence-electron chi connectivity index (χ2n) is 5.19. The van der Waals surface area contributed by atoms with Gasteiger partial charge >= 0.3 is 0 Å². The highest BCUT2D eigenvalue weighted by molar-refractivity contribution is 5.41. The highest BCUT2D eigenvalue weighted by Crippen LogP contribution is 2.24. The Morgan fingerprint density at radius 2 is 1.90 bits per heavy atom. The fourth-order valence-corrected chi connectivity index (χ4v) is 1.90. The highest BCUT2D eigenvalue weighted by Gasteiger charge is 2.06. The molecule has 1 aromatic carbocycles. The number of aliphatic hydroxyl groups is 1. The van der Waals surface area contributed by atoms with E-state index in [0.717, 1.165) is 5.75 Å². The maximum absolute atomic E-state index is 8.96. The van der Waals surface area contributed by atoms with E-state index in [-0.39, 0.29) is 6.61 Å². The van der Waals surface area contributed by atoms with Crippen molar-refractivity contribution in [3.63, 3.8) is 0 Å². The van der Waals surface area contributed by atoms with Crippen molar-refractivity contribution in [1.82, 2.24) is 9.97 Å². The number of benzene rings is 1. The third-order valence-electron chi connectivity index (χ3n) is 3.22. The van der Waals surface area contributed by atoms with Crippen molar-refractivity contribution in [2.24, 2.45) is 0 Å². The third kappa shape index (κ3) is 4.16. The number of nitrogens with zero attached hydrogens (tertiary/aromatic N) is 3. The van der Waals surface area contributed by atoms with E-state index in [4.69, 9.17) is 9.84 Å². The van der Waals surface area contributed by atoms with Gasteiger partial charge in [-0.2, -0.15) is 0 Å². The summed E-state index contributed by atoms with van der Waals surface area (Å²) >= 11 is 0. The van der Waals surface area contributed by atoms with Gasteiger partial charge in [-0.25, -0.2) is 9.97 Å². The quantitative estimate of drug-likeness (QED) is 0.885. The molecule has 0 saturated heterocycles. The first-order valence-corrected chi connectivity index (χ1v) is 7.02. The molecule has 112 valence electrons. The summed E-state index contributed by atoms with van der Waals surface area (Å²) in [4.78, 5) is 10.1. The molecule has 0 radical (unpaired) electrons. The normalized spacial score (nSPS) is 10.7. The van der Waals surface area contributed by atoms with Crippen LogP contribution in [0.1, 0.15) is 25.3 Å². The molecule has 2 aromatic rings. The summed E-state index contributed by atoms with van der Waals surface area (Å²) in [7, 11) is 1.86. The predicted molar refractivity (Wildman–Crippen MR) is 83.0 cm³/mol. The average Bonchev–Trinajstić information content (AvgIpc) is 2.48. The average molecular weight is 287 g/mol. The van der Waals surface area contributed by atoms with Crippen LogP contribution in [0.3, 0.4) is 0 Å². The highest BCUT2D eigenvalue weighted by atomic mass is 16.5.